The molecule has 5 heteroatoms. The van der Waals surface area contributed by atoms with Gasteiger partial charge in [0.2, 0.25) is 0 Å². The molecule has 0 amide bonds. The van der Waals surface area contributed by atoms with Crippen LogP contribution in [0.3, 0.4) is 0 Å². The van der Waals surface area contributed by atoms with Crippen LogP contribution in [0.15, 0.2) is 4.47 Å². The number of carbonyl (C=O) groups is 1. The summed E-state index contributed by atoms with van der Waals surface area (Å²) in [5, 5.41) is 14.2. The lowest BCUT2D eigenvalue weighted by atomic mass is 9.68. The monoisotopic (exact) mass is 342 g/mol. The summed E-state index contributed by atoms with van der Waals surface area (Å²) in [7, 11) is 1.90. The fourth-order valence-corrected chi connectivity index (χ4v) is 3.87. The highest BCUT2D eigenvalue weighted by atomic mass is 79.9. The van der Waals surface area contributed by atoms with E-state index < -0.39 is 11.4 Å². The fraction of sp³-hybridized carbons (Fsp3) is 0.733. The van der Waals surface area contributed by atoms with E-state index in [1.165, 1.54) is 0 Å². The first kappa shape index (κ1) is 15.5. The Hall–Kier alpha value is -0.840. The molecule has 1 saturated carbocycles. The lowest BCUT2D eigenvalue weighted by Gasteiger charge is -2.35. The Bertz CT molecular complexity index is 502. The van der Waals surface area contributed by atoms with Gasteiger partial charge in [-0.15, -0.1) is 0 Å². The van der Waals surface area contributed by atoms with E-state index in [4.69, 9.17) is 0 Å². The SMILES string of the molecule is CCc1nn(C)c(CC2(C(=O)O)CCC(C)CC2)c1Br. The first-order chi connectivity index (χ1) is 9.39. The Morgan fingerprint density at radius 3 is 2.55 bits per heavy atom. The fourth-order valence-electron chi connectivity index (χ4n) is 3.11. The van der Waals surface area contributed by atoms with Gasteiger partial charge in [-0.2, -0.15) is 5.10 Å². The quantitative estimate of drug-likeness (QED) is 0.909. The van der Waals surface area contributed by atoms with Crippen molar-refractivity contribution in [1.29, 1.82) is 0 Å². The third-order valence-corrected chi connectivity index (χ3v) is 5.61. The molecule has 0 spiro atoms. The van der Waals surface area contributed by atoms with Crippen LogP contribution in [0, 0.1) is 11.3 Å². The van der Waals surface area contributed by atoms with E-state index in [9.17, 15) is 9.90 Å². The van der Waals surface area contributed by atoms with E-state index >= 15 is 0 Å². The Balaban J connectivity index is 2.30. The number of hydrogen-bond acceptors (Lipinski definition) is 2. The number of carboxylic acid groups (broad SMARTS) is 1. The van der Waals surface area contributed by atoms with E-state index in [-0.39, 0.29) is 0 Å². The summed E-state index contributed by atoms with van der Waals surface area (Å²) in [6, 6.07) is 0. The number of rotatable bonds is 4. The zero-order chi connectivity index (χ0) is 14.9. The number of aromatic nitrogens is 2. The van der Waals surface area contributed by atoms with Gasteiger partial charge < -0.3 is 5.11 Å². The van der Waals surface area contributed by atoms with Crippen LogP contribution in [0.5, 0.6) is 0 Å². The van der Waals surface area contributed by atoms with Gasteiger partial charge in [0, 0.05) is 13.5 Å². The summed E-state index contributed by atoms with van der Waals surface area (Å²) in [5.41, 5.74) is 1.40. The Labute approximate surface area is 128 Å². The molecule has 1 aliphatic carbocycles. The van der Waals surface area contributed by atoms with E-state index in [1.807, 2.05) is 11.7 Å². The average molecular weight is 343 g/mol. The van der Waals surface area contributed by atoms with E-state index in [0.717, 1.165) is 48.0 Å². The summed E-state index contributed by atoms with van der Waals surface area (Å²) in [5.74, 6) is -0.0146. The molecular formula is C15H23BrN2O2. The second-order valence-electron chi connectivity index (χ2n) is 6.13. The summed E-state index contributed by atoms with van der Waals surface area (Å²) >= 11 is 3.60. The van der Waals surface area contributed by atoms with Crippen molar-refractivity contribution >= 4 is 21.9 Å². The zero-order valence-corrected chi connectivity index (χ0v) is 14.0. The highest BCUT2D eigenvalue weighted by Gasteiger charge is 2.42. The van der Waals surface area contributed by atoms with Crippen molar-refractivity contribution in [3.8, 4) is 0 Å². The summed E-state index contributed by atoms with van der Waals surface area (Å²) < 4.78 is 2.83. The second-order valence-corrected chi connectivity index (χ2v) is 6.92. The molecule has 1 aliphatic rings. The van der Waals surface area contributed by atoms with Crippen LogP contribution in [0.2, 0.25) is 0 Å². The third kappa shape index (κ3) is 2.78. The molecule has 0 radical (unpaired) electrons. The van der Waals surface area contributed by atoms with Crippen molar-refractivity contribution < 1.29 is 9.90 Å². The smallest absolute Gasteiger partial charge is 0.310 e. The normalized spacial score (nSPS) is 26.7. The van der Waals surface area contributed by atoms with Gasteiger partial charge in [0.25, 0.3) is 0 Å². The molecule has 112 valence electrons. The van der Waals surface area contributed by atoms with Crippen LogP contribution in [-0.2, 0) is 24.7 Å². The number of aliphatic carboxylic acids is 1. The minimum Gasteiger partial charge on any atom is -0.481 e. The van der Waals surface area contributed by atoms with Crippen LogP contribution < -0.4 is 0 Å². The predicted octanol–water partition coefficient (Wildman–Crippen LogP) is 3.57. The molecule has 20 heavy (non-hydrogen) atoms. The molecule has 0 aliphatic heterocycles. The maximum atomic E-state index is 11.8. The van der Waals surface area contributed by atoms with Crippen molar-refractivity contribution in [2.75, 3.05) is 0 Å². The van der Waals surface area contributed by atoms with Crippen molar-refractivity contribution in [3.05, 3.63) is 15.9 Å². The summed E-state index contributed by atoms with van der Waals surface area (Å²) in [6.07, 6.45) is 4.96. The van der Waals surface area contributed by atoms with Gasteiger partial charge in [-0.05, 0) is 54.0 Å². The molecule has 1 heterocycles. The summed E-state index contributed by atoms with van der Waals surface area (Å²) in [4.78, 5) is 11.8. The van der Waals surface area contributed by atoms with Gasteiger partial charge in [0.1, 0.15) is 0 Å². The maximum Gasteiger partial charge on any atom is 0.310 e. The Morgan fingerprint density at radius 2 is 2.10 bits per heavy atom. The van der Waals surface area contributed by atoms with Gasteiger partial charge in [-0.3, -0.25) is 9.48 Å². The highest BCUT2D eigenvalue weighted by Crippen LogP contribution is 2.43. The highest BCUT2D eigenvalue weighted by molar-refractivity contribution is 9.10. The van der Waals surface area contributed by atoms with Crippen LogP contribution >= 0.6 is 15.9 Å². The number of halogens is 1. The van der Waals surface area contributed by atoms with E-state index in [2.05, 4.69) is 34.9 Å². The molecule has 1 aromatic rings. The van der Waals surface area contributed by atoms with Gasteiger partial charge >= 0.3 is 5.97 Å². The summed E-state index contributed by atoms with van der Waals surface area (Å²) in [6.45, 7) is 4.27. The minimum absolute atomic E-state index is 0.569. The van der Waals surface area contributed by atoms with Crippen molar-refractivity contribution in [2.45, 2.75) is 52.4 Å². The number of nitrogens with zero attached hydrogens (tertiary/aromatic N) is 2. The second kappa shape index (κ2) is 5.88. The van der Waals surface area contributed by atoms with Crippen molar-refractivity contribution in [1.82, 2.24) is 9.78 Å². The van der Waals surface area contributed by atoms with Crippen LogP contribution in [0.1, 0.15) is 50.9 Å². The van der Waals surface area contributed by atoms with Gasteiger partial charge in [-0.1, -0.05) is 13.8 Å². The maximum absolute atomic E-state index is 11.8. The average Bonchev–Trinajstić information content (AvgIpc) is 2.68. The molecule has 0 atom stereocenters. The first-order valence-electron chi connectivity index (χ1n) is 7.33. The molecule has 1 N–H and O–H groups in total. The van der Waals surface area contributed by atoms with Crippen LogP contribution in [0.25, 0.3) is 0 Å². The van der Waals surface area contributed by atoms with E-state index in [0.29, 0.717) is 12.3 Å². The third-order valence-electron chi connectivity index (χ3n) is 4.69. The van der Waals surface area contributed by atoms with Crippen LogP contribution in [0.4, 0.5) is 0 Å². The molecule has 0 bridgehead atoms. The molecule has 0 saturated heterocycles. The molecular weight excluding hydrogens is 320 g/mol. The number of aryl methyl sites for hydroxylation is 2. The largest absolute Gasteiger partial charge is 0.481 e. The molecule has 2 rings (SSSR count). The van der Waals surface area contributed by atoms with Crippen LogP contribution in [-0.4, -0.2) is 20.9 Å². The lowest BCUT2D eigenvalue weighted by Crippen LogP contribution is -2.37. The lowest BCUT2D eigenvalue weighted by molar-refractivity contribution is -0.151. The predicted molar refractivity (Wildman–Crippen MR) is 81.7 cm³/mol. The Kier molecular flexibility index (Phi) is 4.57. The standard InChI is InChI=1S/C15H23BrN2O2/c1-4-11-13(16)12(18(3)17-11)9-15(14(19)20)7-5-10(2)6-8-15/h10H,4-9H2,1-3H3,(H,19,20). The Morgan fingerprint density at radius 1 is 1.50 bits per heavy atom. The van der Waals surface area contributed by atoms with Crippen molar-refractivity contribution in [3.63, 3.8) is 0 Å². The molecule has 0 aromatic carbocycles. The van der Waals surface area contributed by atoms with E-state index in [1.54, 1.807) is 0 Å². The van der Waals surface area contributed by atoms with Gasteiger partial charge in [0.15, 0.2) is 0 Å². The van der Waals surface area contributed by atoms with Crippen molar-refractivity contribution in [2.24, 2.45) is 18.4 Å². The molecule has 0 unspecified atom stereocenters. The number of hydrogen-bond donors (Lipinski definition) is 1. The zero-order valence-electron chi connectivity index (χ0n) is 12.4. The van der Waals surface area contributed by atoms with Gasteiger partial charge in [0.05, 0.1) is 21.3 Å². The molecule has 1 aromatic heterocycles. The topological polar surface area (TPSA) is 55.1 Å². The molecule has 1 fully saturated rings. The molecule has 4 nitrogen and oxygen atoms in total. The number of carboxylic acids is 1. The minimum atomic E-state index is -0.657. The first-order valence-corrected chi connectivity index (χ1v) is 8.12. The van der Waals surface area contributed by atoms with Gasteiger partial charge in [-0.25, -0.2) is 0 Å².